The smallest absolute Gasteiger partial charge is 0.325 e. The van der Waals surface area contributed by atoms with Gasteiger partial charge in [0.25, 0.3) is 0 Å². The molecule has 0 heterocycles. The summed E-state index contributed by atoms with van der Waals surface area (Å²) in [5.74, 6) is -0.768. The summed E-state index contributed by atoms with van der Waals surface area (Å²) in [5.41, 5.74) is 0.900. The van der Waals surface area contributed by atoms with E-state index in [-0.39, 0.29) is 24.2 Å². The highest BCUT2D eigenvalue weighted by Gasteiger charge is 2.16. The van der Waals surface area contributed by atoms with Crippen LogP contribution < -0.4 is 0 Å². The summed E-state index contributed by atoms with van der Waals surface area (Å²) < 4.78 is 17.7. The Balaban J connectivity index is 2.51. The summed E-state index contributed by atoms with van der Waals surface area (Å²) in [5, 5.41) is 0. The molecule has 0 aliphatic carbocycles. The molecule has 4 nitrogen and oxygen atoms in total. The van der Waals surface area contributed by atoms with E-state index < -0.39 is 0 Å². The molecule has 1 aromatic rings. The van der Waals surface area contributed by atoms with Crippen molar-refractivity contribution in [1.82, 2.24) is 4.90 Å². The number of amides is 1. The van der Waals surface area contributed by atoms with Gasteiger partial charge >= 0.3 is 5.97 Å². The van der Waals surface area contributed by atoms with E-state index in [0.29, 0.717) is 26.0 Å². The number of halogens is 1. The van der Waals surface area contributed by atoms with Crippen LogP contribution in [0.2, 0.25) is 0 Å². The predicted molar refractivity (Wildman–Crippen MR) is 78.2 cm³/mol. The Kier molecular flexibility index (Phi) is 7.43. The molecule has 0 fully saturated rings. The Bertz CT molecular complexity index is 459. The molecule has 0 aliphatic rings. The zero-order valence-electron chi connectivity index (χ0n) is 12.6. The molecule has 116 valence electrons. The fourth-order valence-corrected chi connectivity index (χ4v) is 1.98. The standard InChI is InChI=1S/C16H22FNO3/c1-3-11-18(12-16(20)21-4-2)15(19)10-7-13-5-8-14(17)9-6-13/h5-6,8-9H,3-4,7,10-12H2,1-2H3. The second kappa shape index (κ2) is 9.10. The van der Waals surface area contributed by atoms with Gasteiger partial charge < -0.3 is 9.64 Å². The van der Waals surface area contributed by atoms with Gasteiger partial charge in [-0.15, -0.1) is 0 Å². The SMILES string of the molecule is CCCN(CC(=O)OCC)C(=O)CCc1ccc(F)cc1. The maximum absolute atomic E-state index is 12.8. The molecule has 0 atom stereocenters. The molecule has 0 aliphatic heterocycles. The van der Waals surface area contributed by atoms with Gasteiger partial charge in [0.15, 0.2) is 0 Å². The van der Waals surface area contributed by atoms with Gasteiger partial charge in [0.1, 0.15) is 12.4 Å². The van der Waals surface area contributed by atoms with Gasteiger partial charge in [0.2, 0.25) is 5.91 Å². The normalized spacial score (nSPS) is 10.2. The van der Waals surface area contributed by atoms with Gasteiger partial charge in [-0.2, -0.15) is 0 Å². The molecule has 0 saturated carbocycles. The van der Waals surface area contributed by atoms with E-state index in [4.69, 9.17) is 4.74 Å². The average Bonchev–Trinajstić information content (AvgIpc) is 2.46. The molecule has 1 amide bonds. The average molecular weight is 295 g/mol. The minimum Gasteiger partial charge on any atom is -0.465 e. The monoisotopic (exact) mass is 295 g/mol. The minimum atomic E-state index is -0.388. The maximum Gasteiger partial charge on any atom is 0.325 e. The number of aryl methyl sites for hydroxylation is 1. The molecule has 0 aromatic heterocycles. The van der Waals surface area contributed by atoms with Crippen molar-refractivity contribution in [3.8, 4) is 0 Å². The highest BCUT2D eigenvalue weighted by molar-refractivity contribution is 5.82. The van der Waals surface area contributed by atoms with Crippen molar-refractivity contribution >= 4 is 11.9 Å². The van der Waals surface area contributed by atoms with E-state index in [1.165, 1.54) is 17.0 Å². The summed E-state index contributed by atoms with van der Waals surface area (Å²) in [7, 11) is 0. The van der Waals surface area contributed by atoms with Crippen LogP contribution in [0.5, 0.6) is 0 Å². The van der Waals surface area contributed by atoms with Gasteiger partial charge in [-0.05, 0) is 37.5 Å². The summed E-state index contributed by atoms with van der Waals surface area (Å²) in [4.78, 5) is 25.2. The van der Waals surface area contributed by atoms with Crippen LogP contribution in [0, 0.1) is 5.82 Å². The summed E-state index contributed by atoms with van der Waals surface area (Å²) in [6, 6.07) is 6.08. The van der Waals surface area contributed by atoms with Crippen LogP contribution in [0.3, 0.4) is 0 Å². The molecule has 21 heavy (non-hydrogen) atoms. The number of nitrogens with zero attached hydrogens (tertiary/aromatic N) is 1. The summed E-state index contributed by atoms with van der Waals surface area (Å²) >= 11 is 0. The largest absolute Gasteiger partial charge is 0.465 e. The van der Waals surface area contributed by atoms with Crippen molar-refractivity contribution < 1.29 is 18.7 Å². The van der Waals surface area contributed by atoms with Crippen molar-refractivity contribution in [2.75, 3.05) is 19.7 Å². The Morgan fingerprint density at radius 1 is 1.19 bits per heavy atom. The molecular formula is C16H22FNO3. The van der Waals surface area contributed by atoms with Gasteiger partial charge in [0.05, 0.1) is 6.61 Å². The number of ether oxygens (including phenoxy) is 1. The number of rotatable bonds is 8. The van der Waals surface area contributed by atoms with Gasteiger partial charge in [-0.25, -0.2) is 4.39 Å². The van der Waals surface area contributed by atoms with Crippen LogP contribution in [-0.4, -0.2) is 36.5 Å². The van der Waals surface area contributed by atoms with Crippen LogP contribution in [-0.2, 0) is 20.7 Å². The van der Waals surface area contributed by atoms with Gasteiger partial charge in [-0.3, -0.25) is 9.59 Å². The second-order valence-electron chi connectivity index (χ2n) is 4.75. The number of carbonyl (C=O) groups is 2. The molecule has 1 rings (SSSR count). The van der Waals surface area contributed by atoms with E-state index in [0.717, 1.165) is 12.0 Å². The lowest BCUT2D eigenvalue weighted by Gasteiger charge is -2.21. The van der Waals surface area contributed by atoms with E-state index in [9.17, 15) is 14.0 Å². The Morgan fingerprint density at radius 3 is 2.43 bits per heavy atom. The van der Waals surface area contributed by atoms with Crippen molar-refractivity contribution in [2.45, 2.75) is 33.1 Å². The lowest BCUT2D eigenvalue weighted by Crippen LogP contribution is -2.37. The van der Waals surface area contributed by atoms with Crippen LogP contribution in [0.25, 0.3) is 0 Å². The van der Waals surface area contributed by atoms with Crippen LogP contribution in [0.15, 0.2) is 24.3 Å². The predicted octanol–water partition coefficient (Wildman–Crippen LogP) is 2.56. The topological polar surface area (TPSA) is 46.6 Å². The number of carbonyl (C=O) groups excluding carboxylic acids is 2. The first-order valence-corrected chi connectivity index (χ1v) is 7.24. The molecule has 5 heteroatoms. The van der Waals surface area contributed by atoms with E-state index in [1.807, 2.05) is 6.92 Å². The quantitative estimate of drug-likeness (QED) is 0.692. The molecule has 0 unspecified atom stereocenters. The molecule has 0 saturated heterocycles. The molecular weight excluding hydrogens is 273 g/mol. The highest BCUT2D eigenvalue weighted by Crippen LogP contribution is 2.07. The first-order valence-electron chi connectivity index (χ1n) is 7.24. The Hall–Kier alpha value is -1.91. The van der Waals surface area contributed by atoms with Crippen molar-refractivity contribution in [3.05, 3.63) is 35.6 Å². The summed E-state index contributed by atoms with van der Waals surface area (Å²) in [6.45, 7) is 4.51. The number of esters is 1. The van der Waals surface area contributed by atoms with Gasteiger partial charge in [-0.1, -0.05) is 19.1 Å². The molecule has 0 spiro atoms. The van der Waals surface area contributed by atoms with Crippen LogP contribution >= 0.6 is 0 Å². The van der Waals surface area contributed by atoms with Crippen molar-refractivity contribution in [1.29, 1.82) is 0 Å². The highest BCUT2D eigenvalue weighted by atomic mass is 19.1. The maximum atomic E-state index is 12.8. The zero-order valence-corrected chi connectivity index (χ0v) is 12.6. The third-order valence-electron chi connectivity index (χ3n) is 3.01. The fraction of sp³-hybridized carbons (Fsp3) is 0.500. The molecule has 0 bridgehead atoms. The zero-order chi connectivity index (χ0) is 15.7. The lowest BCUT2D eigenvalue weighted by molar-refractivity contribution is -0.149. The number of hydrogen-bond acceptors (Lipinski definition) is 3. The first-order chi connectivity index (χ1) is 10.1. The van der Waals surface area contributed by atoms with Crippen molar-refractivity contribution in [3.63, 3.8) is 0 Å². The third kappa shape index (κ3) is 6.38. The van der Waals surface area contributed by atoms with Crippen LogP contribution in [0.1, 0.15) is 32.3 Å². The molecule has 1 aromatic carbocycles. The second-order valence-corrected chi connectivity index (χ2v) is 4.75. The minimum absolute atomic E-state index is 0.00999. The van der Waals surface area contributed by atoms with Crippen molar-refractivity contribution in [2.24, 2.45) is 0 Å². The Morgan fingerprint density at radius 2 is 1.86 bits per heavy atom. The lowest BCUT2D eigenvalue weighted by atomic mass is 10.1. The fourth-order valence-electron chi connectivity index (χ4n) is 1.98. The molecule has 0 N–H and O–H groups in total. The van der Waals surface area contributed by atoms with E-state index in [1.54, 1.807) is 19.1 Å². The van der Waals surface area contributed by atoms with Crippen LogP contribution in [0.4, 0.5) is 4.39 Å². The number of benzene rings is 1. The third-order valence-corrected chi connectivity index (χ3v) is 3.01. The Labute approximate surface area is 124 Å². The van der Waals surface area contributed by atoms with E-state index >= 15 is 0 Å². The first kappa shape index (κ1) is 17.1. The van der Waals surface area contributed by atoms with E-state index in [2.05, 4.69) is 0 Å². The van der Waals surface area contributed by atoms with Gasteiger partial charge in [0, 0.05) is 13.0 Å². The molecule has 0 radical (unpaired) electrons. The summed E-state index contributed by atoms with van der Waals surface area (Å²) in [6.07, 6.45) is 1.61. The number of hydrogen-bond donors (Lipinski definition) is 0.